The SMILES string of the molecule is Cc1ccnc(N)c1C(C)(O)CCNCC(C)C. The Morgan fingerprint density at radius 1 is 1.50 bits per heavy atom. The van der Waals surface area contributed by atoms with Gasteiger partial charge in [-0.3, -0.25) is 0 Å². The fraction of sp³-hybridized carbons (Fsp3) is 0.643. The number of hydrogen-bond acceptors (Lipinski definition) is 4. The second-order valence-corrected chi connectivity index (χ2v) is 5.51. The molecule has 1 aromatic rings. The van der Waals surface area contributed by atoms with Crippen LogP contribution in [-0.4, -0.2) is 23.2 Å². The molecule has 4 nitrogen and oxygen atoms in total. The molecule has 102 valence electrons. The summed E-state index contributed by atoms with van der Waals surface area (Å²) in [6.07, 6.45) is 2.29. The number of pyridine rings is 1. The van der Waals surface area contributed by atoms with Crippen molar-refractivity contribution in [3.05, 3.63) is 23.4 Å². The highest BCUT2D eigenvalue weighted by Gasteiger charge is 2.27. The molecule has 1 atom stereocenters. The minimum atomic E-state index is -0.938. The Hall–Kier alpha value is -1.13. The van der Waals surface area contributed by atoms with Crippen molar-refractivity contribution in [3.63, 3.8) is 0 Å². The van der Waals surface area contributed by atoms with E-state index in [0.717, 1.165) is 24.2 Å². The van der Waals surface area contributed by atoms with Crippen LogP contribution in [0.3, 0.4) is 0 Å². The molecule has 1 heterocycles. The predicted molar refractivity (Wildman–Crippen MR) is 75.3 cm³/mol. The van der Waals surface area contributed by atoms with E-state index in [1.807, 2.05) is 13.0 Å². The molecular formula is C14H25N3O. The number of nitrogens with one attached hydrogen (secondary N) is 1. The summed E-state index contributed by atoms with van der Waals surface area (Å²) in [6, 6.07) is 1.88. The van der Waals surface area contributed by atoms with Crippen molar-refractivity contribution in [1.82, 2.24) is 10.3 Å². The molecule has 0 bridgehead atoms. The van der Waals surface area contributed by atoms with Crippen molar-refractivity contribution < 1.29 is 5.11 Å². The van der Waals surface area contributed by atoms with Gasteiger partial charge in [-0.1, -0.05) is 13.8 Å². The third-order valence-electron chi connectivity index (χ3n) is 3.07. The van der Waals surface area contributed by atoms with Crippen LogP contribution in [0.1, 0.15) is 38.3 Å². The summed E-state index contributed by atoms with van der Waals surface area (Å²) in [5.74, 6) is 1.03. The van der Waals surface area contributed by atoms with Gasteiger partial charge in [-0.2, -0.15) is 0 Å². The van der Waals surface area contributed by atoms with Gasteiger partial charge in [0.25, 0.3) is 0 Å². The molecule has 0 aliphatic carbocycles. The number of aryl methyl sites for hydroxylation is 1. The number of nitrogens with zero attached hydrogens (tertiary/aromatic N) is 1. The first kappa shape index (κ1) is 14.9. The molecule has 1 unspecified atom stereocenters. The van der Waals surface area contributed by atoms with Gasteiger partial charge in [-0.15, -0.1) is 0 Å². The topological polar surface area (TPSA) is 71.2 Å². The molecule has 0 saturated carbocycles. The molecule has 0 spiro atoms. The Bertz CT molecular complexity index is 368. The molecule has 0 amide bonds. The zero-order chi connectivity index (χ0) is 13.8. The van der Waals surface area contributed by atoms with E-state index in [0.29, 0.717) is 18.2 Å². The van der Waals surface area contributed by atoms with E-state index < -0.39 is 5.60 Å². The lowest BCUT2D eigenvalue weighted by atomic mass is 9.89. The first-order chi connectivity index (χ1) is 8.34. The zero-order valence-electron chi connectivity index (χ0n) is 11.8. The predicted octanol–water partition coefficient (Wildman–Crippen LogP) is 1.82. The van der Waals surface area contributed by atoms with Crippen LogP contribution < -0.4 is 11.1 Å². The number of anilines is 1. The lowest BCUT2D eigenvalue weighted by Gasteiger charge is -2.26. The molecule has 0 radical (unpaired) electrons. The number of aliphatic hydroxyl groups is 1. The average Bonchev–Trinajstić information content (AvgIpc) is 2.23. The van der Waals surface area contributed by atoms with E-state index in [2.05, 4.69) is 24.1 Å². The Labute approximate surface area is 110 Å². The number of aromatic nitrogens is 1. The summed E-state index contributed by atoms with van der Waals surface area (Å²) in [4.78, 5) is 4.06. The van der Waals surface area contributed by atoms with Crippen LogP contribution in [0, 0.1) is 12.8 Å². The number of nitrogen functional groups attached to an aromatic ring is 1. The second kappa shape index (κ2) is 6.16. The third-order valence-corrected chi connectivity index (χ3v) is 3.07. The van der Waals surface area contributed by atoms with Crippen molar-refractivity contribution in [2.75, 3.05) is 18.8 Å². The quantitative estimate of drug-likeness (QED) is 0.674. The second-order valence-electron chi connectivity index (χ2n) is 5.51. The Balaban J connectivity index is 2.68. The number of nitrogens with two attached hydrogens (primary N) is 1. The van der Waals surface area contributed by atoms with Gasteiger partial charge >= 0.3 is 0 Å². The maximum Gasteiger partial charge on any atom is 0.129 e. The van der Waals surface area contributed by atoms with Crippen molar-refractivity contribution in [1.29, 1.82) is 0 Å². The van der Waals surface area contributed by atoms with E-state index in [4.69, 9.17) is 5.73 Å². The van der Waals surface area contributed by atoms with Gasteiger partial charge in [0.1, 0.15) is 5.82 Å². The Morgan fingerprint density at radius 3 is 2.72 bits per heavy atom. The number of rotatable bonds is 6. The van der Waals surface area contributed by atoms with Crippen molar-refractivity contribution in [2.24, 2.45) is 5.92 Å². The summed E-state index contributed by atoms with van der Waals surface area (Å²) >= 11 is 0. The Morgan fingerprint density at radius 2 is 2.17 bits per heavy atom. The first-order valence-electron chi connectivity index (χ1n) is 6.49. The monoisotopic (exact) mass is 251 g/mol. The minimum absolute atomic E-state index is 0.420. The van der Waals surface area contributed by atoms with Crippen LogP contribution in [0.4, 0.5) is 5.82 Å². The van der Waals surface area contributed by atoms with E-state index >= 15 is 0 Å². The lowest BCUT2D eigenvalue weighted by Crippen LogP contribution is -2.31. The zero-order valence-corrected chi connectivity index (χ0v) is 11.8. The van der Waals surface area contributed by atoms with Crippen LogP contribution in [0.15, 0.2) is 12.3 Å². The fourth-order valence-electron chi connectivity index (χ4n) is 2.13. The molecule has 4 heteroatoms. The molecular weight excluding hydrogens is 226 g/mol. The van der Waals surface area contributed by atoms with Crippen molar-refractivity contribution in [3.8, 4) is 0 Å². The summed E-state index contributed by atoms with van der Waals surface area (Å²) < 4.78 is 0. The van der Waals surface area contributed by atoms with Crippen LogP contribution in [-0.2, 0) is 5.60 Å². The van der Waals surface area contributed by atoms with Gasteiger partial charge in [0.05, 0.1) is 5.60 Å². The Kier molecular flexibility index (Phi) is 5.11. The molecule has 0 saturated heterocycles. The van der Waals surface area contributed by atoms with Crippen molar-refractivity contribution in [2.45, 2.75) is 39.7 Å². The van der Waals surface area contributed by atoms with Gasteiger partial charge in [0.15, 0.2) is 0 Å². The van der Waals surface area contributed by atoms with E-state index in [-0.39, 0.29) is 0 Å². The molecule has 0 aliphatic heterocycles. The molecule has 18 heavy (non-hydrogen) atoms. The largest absolute Gasteiger partial charge is 0.385 e. The molecule has 0 fully saturated rings. The maximum atomic E-state index is 10.6. The van der Waals surface area contributed by atoms with Gasteiger partial charge in [0.2, 0.25) is 0 Å². The highest BCUT2D eigenvalue weighted by molar-refractivity contribution is 5.47. The van der Waals surface area contributed by atoms with E-state index in [1.165, 1.54) is 0 Å². The summed E-state index contributed by atoms with van der Waals surface area (Å²) in [5.41, 5.74) is 6.66. The summed E-state index contributed by atoms with van der Waals surface area (Å²) in [5, 5.41) is 13.9. The lowest BCUT2D eigenvalue weighted by molar-refractivity contribution is 0.0477. The van der Waals surface area contributed by atoms with Gasteiger partial charge < -0.3 is 16.2 Å². The first-order valence-corrected chi connectivity index (χ1v) is 6.49. The van der Waals surface area contributed by atoms with E-state index in [9.17, 15) is 5.11 Å². The summed E-state index contributed by atoms with van der Waals surface area (Å²) in [7, 11) is 0. The highest BCUT2D eigenvalue weighted by atomic mass is 16.3. The van der Waals surface area contributed by atoms with Crippen LogP contribution in [0.5, 0.6) is 0 Å². The summed E-state index contributed by atoms with van der Waals surface area (Å²) in [6.45, 7) is 9.78. The van der Waals surface area contributed by atoms with E-state index in [1.54, 1.807) is 13.1 Å². The third kappa shape index (κ3) is 3.96. The standard InChI is InChI=1S/C14H25N3O/c1-10(2)9-16-8-6-14(4,18)12-11(3)5-7-17-13(12)15/h5,7,10,16,18H,6,8-9H2,1-4H3,(H2,15,17). The number of hydrogen-bond donors (Lipinski definition) is 3. The average molecular weight is 251 g/mol. The van der Waals surface area contributed by atoms with Gasteiger partial charge in [-0.05, 0) is 50.9 Å². The fourth-order valence-corrected chi connectivity index (χ4v) is 2.13. The van der Waals surface area contributed by atoms with Gasteiger partial charge in [0, 0.05) is 11.8 Å². The van der Waals surface area contributed by atoms with Gasteiger partial charge in [-0.25, -0.2) is 4.98 Å². The normalized spacial score (nSPS) is 14.8. The highest BCUT2D eigenvalue weighted by Crippen LogP contribution is 2.30. The molecule has 1 rings (SSSR count). The molecule has 4 N–H and O–H groups in total. The minimum Gasteiger partial charge on any atom is -0.385 e. The van der Waals surface area contributed by atoms with Crippen LogP contribution in [0.2, 0.25) is 0 Å². The smallest absolute Gasteiger partial charge is 0.129 e. The maximum absolute atomic E-state index is 10.6. The van der Waals surface area contributed by atoms with Crippen LogP contribution >= 0.6 is 0 Å². The van der Waals surface area contributed by atoms with Crippen LogP contribution in [0.25, 0.3) is 0 Å². The van der Waals surface area contributed by atoms with Crippen molar-refractivity contribution >= 4 is 5.82 Å². The molecule has 0 aliphatic rings. The molecule has 0 aromatic carbocycles. The molecule has 1 aromatic heterocycles.